The molecular formula is C11H15BrN2O. The van der Waals surface area contributed by atoms with E-state index < -0.39 is 0 Å². The lowest BCUT2D eigenvalue weighted by Gasteiger charge is -2.23. The van der Waals surface area contributed by atoms with Gasteiger partial charge in [-0.15, -0.1) is 0 Å². The van der Waals surface area contributed by atoms with Gasteiger partial charge in [-0.1, -0.05) is 15.9 Å². The summed E-state index contributed by atoms with van der Waals surface area (Å²) < 4.78 is 0. The number of halogens is 1. The van der Waals surface area contributed by atoms with E-state index in [-0.39, 0.29) is 11.4 Å². The van der Waals surface area contributed by atoms with Crippen LogP contribution in [0, 0.1) is 6.92 Å². The molecule has 15 heavy (non-hydrogen) atoms. The van der Waals surface area contributed by atoms with Gasteiger partial charge in [0, 0.05) is 22.8 Å². The molecule has 82 valence electrons. The average Bonchev–Trinajstić information content (AvgIpc) is 2.18. The van der Waals surface area contributed by atoms with E-state index in [2.05, 4.69) is 26.2 Å². The Morgan fingerprint density at radius 2 is 2.20 bits per heavy atom. The summed E-state index contributed by atoms with van der Waals surface area (Å²) in [6, 6.07) is 3.61. The van der Waals surface area contributed by atoms with Crippen molar-refractivity contribution in [1.82, 2.24) is 10.3 Å². The van der Waals surface area contributed by atoms with Gasteiger partial charge < -0.3 is 5.32 Å². The number of alkyl halides is 1. The van der Waals surface area contributed by atoms with Crippen LogP contribution in [0.1, 0.15) is 29.9 Å². The highest BCUT2D eigenvalue weighted by molar-refractivity contribution is 9.09. The molecule has 1 N–H and O–H groups in total. The molecule has 1 aromatic rings. The van der Waals surface area contributed by atoms with E-state index in [1.807, 2.05) is 26.8 Å². The summed E-state index contributed by atoms with van der Waals surface area (Å²) in [6.45, 7) is 5.81. The first kappa shape index (κ1) is 12.2. The number of aryl methyl sites for hydroxylation is 1. The van der Waals surface area contributed by atoms with Gasteiger partial charge in [0.1, 0.15) is 0 Å². The predicted molar refractivity (Wildman–Crippen MR) is 64.3 cm³/mol. The minimum absolute atomic E-state index is 0.0908. The lowest BCUT2D eigenvalue weighted by atomic mass is 10.1. The molecule has 0 aromatic carbocycles. The monoisotopic (exact) mass is 270 g/mol. The highest BCUT2D eigenvalue weighted by atomic mass is 79.9. The van der Waals surface area contributed by atoms with Crippen molar-refractivity contribution in [3.8, 4) is 0 Å². The molecule has 3 nitrogen and oxygen atoms in total. The molecule has 0 radical (unpaired) electrons. The Labute approximate surface area is 98.4 Å². The number of hydrogen-bond donors (Lipinski definition) is 1. The Kier molecular flexibility index (Phi) is 3.85. The van der Waals surface area contributed by atoms with Crippen LogP contribution in [0.25, 0.3) is 0 Å². The molecule has 0 saturated heterocycles. The second-order valence-electron chi connectivity index (χ2n) is 4.16. The molecule has 0 aliphatic heterocycles. The van der Waals surface area contributed by atoms with Crippen molar-refractivity contribution in [3.63, 3.8) is 0 Å². The van der Waals surface area contributed by atoms with E-state index in [1.54, 1.807) is 12.3 Å². The quantitative estimate of drug-likeness (QED) is 0.857. The van der Waals surface area contributed by atoms with E-state index in [9.17, 15) is 4.79 Å². The van der Waals surface area contributed by atoms with Crippen molar-refractivity contribution >= 4 is 21.8 Å². The van der Waals surface area contributed by atoms with E-state index in [1.165, 1.54) is 0 Å². The number of carbonyl (C=O) groups is 1. The summed E-state index contributed by atoms with van der Waals surface area (Å²) in [5.74, 6) is -0.0908. The van der Waals surface area contributed by atoms with E-state index in [0.717, 1.165) is 5.69 Å². The molecule has 1 rings (SSSR count). The Bertz CT molecular complexity index is 346. The molecule has 0 aliphatic carbocycles. The third kappa shape index (κ3) is 3.63. The lowest BCUT2D eigenvalue weighted by molar-refractivity contribution is 0.0921. The predicted octanol–water partition coefficient (Wildman–Crippen LogP) is 2.29. The van der Waals surface area contributed by atoms with E-state index in [4.69, 9.17) is 0 Å². The third-order valence-electron chi connectivity index (χ3n) is 1.96. The van der Waals surface area contributed by atoms with Gasteiger partial charge in [-0.3, -0.25) is 9.78 Å². The maximum absolute atomic E-state index is 11.8. The van der Waals surface area contributed by atoms with Crippen molar-refractivity contribution in [1.29, 1.82) is 0 Å². The molecule has 0 atom stereocenters. The second kappa shape index (κ2) is 4.75. The zero-order valence-corrected chi connectivity index (χ0v) is 10.8. The summed E-state index contributed by atoms with van der Waals surface area (Å²) >= 11 is 3.35. The van der Waals surface area contributed by atoms with Crippen LogP contribution in [0.15, 0.2) is 18.3 Å². The number of nitrogens with one attached hydrogen (secondary N) is 1. The standard InChI is InChI=1S/C11H15BrN2O/c1-8-4-5-9(6-13-8)10(15)14-11(2,3)7-12/h4-6H,7H2,1-3H3,(H,14,15). The van der Waals surface area contributed by atoms with Crippen LogP contribution in [0.5, 0.6) is 0 Å². The Hall–Kier alpha value is -0.900. The smallest absolute Gasteiger partial charge is 0.253 e. The number of hydrogen-bond acceptors (Lipinski definition) is 2. The van der Waals surface area contributed by atoms with Gasteiger partial charge >= 0.3 is 0 Å². The van der Waals surface area contributed by atoms with Gasteiger partial charge in [0.25, 0.3) is 5.91 Å². The van der Waals surface area contributed by atoms with Crippen LogP contribution < -0.4 is 5.32 Å². The fourth-order valence-electron chi connectivity index (χ4n) is 1.02. The van der Waals surface area contributed by atoms with Crippen molar-refractivity contribution in [2.75, 3.05) is 5.33 Å². The first-order chi connectivity index (χ1) is 6.94. The van der Waals surface area contributed by atoms with E-state index >= 15 is 0 Å². The Morgan fingerprint density at radius 3 is 2.67 bits per heavy atom. The molecule has 0 aliphatic rings. The van der Waals surface area contributed by atoms with Crippen molar-refractivity contribution in [3.05, 3.63) is 29.6 Å². The fourth-order valence-corrected chi connectivity index (χ4v) is 1.16. The fraction of sp³-hybridized carbons (Fsp3) is 0.455. The molecule has 0 spiro atoms. The number of nitrogens with zero attached hydrogens (tertiary/aromatic N) is 1. The summed E-state index contributed by atoms with van der Waals surface area (Å²) in [6.07, 6.45) is 1.59. The molecule has 0 bridgehead atoms. The summed E-state index contributed by atoms with van der Waals surface area (Å²) in [5, 5.41) is 3.63. The molecular weight excluding hydrogens is 256 g/mol. The summed E-state index contributed by atoms with van der Waals surface area (Å²) in [4.78, 5) is 15.8. The molecule has 4 heteroatoms. The number of carbonyl (C=O) groups excluding carboxylic acids is 1. The minimum atomic E-state index is -0.248. The van der Waals surface area contributed by atoms with Gasteiger partial charge in [0.05, 0.1) is 5.56 Å². The first-order valence-corrected chi connectivity index (χ1v) is 5.88. The zero-order chi connectivity index (χ0) is 11.5. The van der Waals surface area contributed by atoms with Gasteiger partial charge in [-0.25, -0.2) is 0 Å². The van der Waals surface area contributed by atoms with Crippen LogP contribution in [0.2, 0.25) is 0 Å². The number of pyridine rings is 1. The molecule has 1 aromatic heterocycles. The molecule has 1 amide bonds. The number of amides is 1. The normalized spacial score (nSPS) is 11.2. The summed E-state index contributed by atoms with van der Waals surface area (Å²) in [7, 11) is 0. The van der Waals surface area contributed by atoms with Gasteiger partial charge in [0.2, 0.25) is 0 Å². The highest BCUT2D eigenvalue weighted by Crippen LogP contribution is 2.08. The van der Waals surface area contributed by atoms with Crippen molar-refractivity contribution in [2.24, 2.45) is 0 Å². The third-order valence-corrected chi connectivity index (χ3v) is 3.36. The molecule has 0 unspecified atom stereocenters. The summed E-state index contributed by atoms with van der Waals surface area (Å²) in [5.41, 5.74) is 1.25. The molecule has 0 saturated carbocycles. The second-order valence-corrected chi connectivity index (χ2v) is 4.72. The zero-order valence-electron chi connectivity index (χ0n) is 9.17. The highest BCUT2D eigenvalue weighted by Gasteiger charge is 2.19. The van der Waals surface area contributed by atoms with Gasteiger partial charge in [-0.2, -0.15) is 0 Å². The van der Waals surface area contributed by atoms with E-state index in [0.29, 0.717) is 10.9 Å². The molecule has 0 fully saturated rings. The number of rotatable bonds is 3. The van der Waals surface area contributed by atoms with Crippen LogP contribution >= 0.6 is 15.9 Å². The minimum Gasteiger partial charge on any atom is -0.346 e. The van der Waals surface area contributed by atoms with Gasteiger partial charge in [-0.05, 0) is 32.9 Å². The maximum atomic E-state index is 11.8. The maximum Gasteiger partial charge on any atom is 0.253 e. The molecule has 1 heterocycles. The Balaban J connectivity index is 2.74. The SMILES string of the molecule is Cc1ccc(C(=O)NC(C)(C)CBr)cn1. The van der Waals surface area contributed by atoms with Crippen LogP contribution in [-0.4, -0.2) is 21.8 Å². The number of aromatic nitrogens is 1. The van der Waals surface area contributed by atoms with Crippen molar-refractivity contribution < 1.29 is 4.79 Å². The van der Waals surface area contributed by atoms with Gasteiger partial charge in [0.15, 0.2) is 0 Å². The Morgan fingerprint density at radius 1 is 1.53 bits per heavy atom. The topological polar surface area (TPSA) is 42.0 Å². The van der Waals surface area contributed by atoms with Crippen molar-refractivity contribution in [2.45, 2.75) is 26.3 Å². The lowest BCUT2D eigenvalue weighted by Crippen LogP contribution is -2.44. The van der Waals surface area contributed by atoms with Crippen LogP contribution in [0.4, 0.5) is 0 Å². The average molecular weight is 271 g/mol. The van der Waals surface area contributed by atoms with Crippen LogP contribution in [0.3, 0.4) is 0 Å². The van der Waals surface area contributed by atoms with Crippen LogP contribution in [-0.2, 0) is 0 Å². The first-order valence-electron chi connectivity index (χ1n) is 4.76. The largest absolute Gasteiger partial charge is 0.346 e.